The molecule has 0 unspecified atom stereocenters. The molecule has 0 saturated carbocycles. The number of carbonyl (C=O) groups is 8. The van der Waals surface area contributed by atoms with Crippen molar-refractivity contribution in [1.29, 1.82) is 0 Å². The molecular weight excluding hydrogens is 1580 g/mol. The lowest BCUT2D eigenvalue weighted by Gasteiger charge is -2.24. The topological polar surface area (TPSA) is 519 Å². The average molecular weight is 1690 g/mol. The fourth-order valence-electron chi connectivity index (χ4n) is 11.4. The Morgan fingerprint density at radius 2 is 0.787 bits per heavy atom. The van der Waals surface area contributed by atoms with Crippen molar-refractivity contribution in [1.82, 2.24) is 51.2 Å². The standard InChI is InChI=1S/2C42H51N7O9.2CH2O2/c2*1-28(2)23-36(48-41(53)38(50)33(43)24-29-7-4-3-5-8-29)39(51)45-15-16-54-17-18-55-19-20-56-21-22-57-32-11-12-34(46-27-32)40(52)47-31-10-13-37-35(25-31)49-42(58-37)30-9-6-14-44-26-30;2*2-1-3/h2*3-14,25-28,33,36,38,50H,15-24,43H2,1-2H3,(H,45,51)(H,47,52)(H,48,53);2*1H,(H,2,3)/t2*33-,36+,38+;;/m11../s1. The molecule has 652 valence electrons. The summed E-state index contributed by atoms with van der Waals surface area (Å²) in [5.74, 6) is -0.730. The molecule has 0 saturated heterocycles. The molecule has 0 aliphatic heterocycles. The summed E-state index contributed by atoms with van der Waals surface area (Å²) < 4.78 is 56.2. The molecule has 6 heterocycles. The van der Waals surface area contributed by atoms with Crippen molar-refractivity contribution in [3.8, 4) is 34.4 Å². The van der Waals surface area contributed by atoms with E-state index in [4.69, 9.17) is 78.0 Å². The van der Waals surface area contributed by atoms with Crippen LogP contribution in [0.3, 0.4) is 0 Å². The Kier molecular flexibility index (Phi) is 43.1. The van der Waals surface area contributed by atoms with Crippen LogP contribution in [0.5, 0.6) is 11.5 Å². The monoisotopic (exact) mass is 1690 g/mol. The Morgan fingerprint density at radius 1 is 0.434 bits per heavy atom. The summed E-state index contributed by atoms with van der Waals surface area (Å²) in [6.07, 6.45) is 8.15. The van der Waals surface area contributed by atoms with E-state index in [0.29, 0.717) is 149 Å². The zero-order chi connectivity index (χ0) is 87.6. The summed E-state index contributed by atoms with van der Waals surface area (Å²) in [4.78, 5) is 119. The third-order valence-electron chi connectivity index (χ3n) is 17.3. The van der Waals surface area contributed by atoms with Crippen LogP contribution in [-0.2, 0) is 70.0 Å². The number of nitrogens with one attached hydrogen (secondary N) is 6. The lowest BCUT2D eigenvalue weighted by molar-refractivity contribution is -0.135. The lowest BCUT2D eigenvalue weighted by atomic mass is 9.99. The molecule has 0 fully saturated rings. The van der Waals surface area contributed by atoms with Crippen LogP contribution >= 0.6 is 0 Å². The highest BCUT2D eigenvalue weighted by Crippen LogP contribution is 2.28. The van der Waals surface area contributed by atoms with Gasteiger partial charge < -0.3 is 111 Å². The van der Waals surface area contributed by atoms with Crippen molar-refractivity contribution in [2.45, 2.75) is 89.8 Å². The number of aliphatic hydroxyl groups is 2. The highest BCUT2D eigenvalue weighted by atomic mass is 16.6. The van der Waals surface area contributed by atoms with Gasteiger partial charge in [-0.05, 0) is 134 Å². The zero-order valence-electron chi connectivity index (χ0n) is 68.2. The number of aliphatic hydroxyl groups excluding tert-OH is 2. The molecule has 122 heavy (non-hydrogen) atoms. The molecule has 0 aliphatic rings. The van der Waals surface area contributed by atoms with E-state index in [1.807, 2.05) is 100 Å². The van der Waals surface area contributed by atoms with E-state index >= 15 is 0 Å². The molecule has 6 aromatic heterocycles. The number of nitrogens with two attached hydrogens (primary N) is 2. The minimum Gasteiger partial charge on any atom is -0.490 e. The van der Waals surface area contributed by atoms with Gasteiger partial charge in [-0.3, -0.25) is 48.3 Å². The normalized spacial score (nSPS) is 12.4. The van der Waals surface area contributed by atoms with Crippen molar-refractivity contribution in [2.24, 2.45) is 23.3 Å². The van der Waals surface area contributed by atoms with Gasteiger partial charge in [0.25, 0.3) is 36.6 Å². The van der Waals surface area contributed by atoms with E-state index in [1.165, 1.54) is 12.4 Å². The third kappa shape index (κ3) is 35.4. The van der Waals surface area contributed by atoms with E-state index in [-0.39, 0.29) is 99.3 Å². The number of aromatic nitrogens is 6. The number of anilines is 2. The Labute approximate surface area is 704 Å². The summed E-state index contributed by atoms with van der Waals surface area (Å²) in [6, 6.07) is 39.6. The van der Waals surface area contributed by atoms with Gasteiger partial charge in [0.05, 0.1) is 103 Å². The molecule has 36 heteroatoms. The number of rotatable bonds is 48. The van der Waals surface area contributed by atoms with E-state index in [2.05, 4.69) is 61.8 Å². The molecule has 0 bridgehead atoms. The van der Waals surface area contributed by atoms with Crippen molar-refractivity contribution in [3.05, 3.63) is 205 Å². The smallest absolute Gasteiger partial charge is 0.290 e. The van der Waals surface area contributed by atoms with Crippen LogP contribution in [0, 0.1) is 11.8 Å². The molecule has 6 atom stereocenters. The first-order chi connectivity index (χ1) is 59.1. The average Bonchev–Trinajstić information content (AvgIpc) is 1.69. The number of pyridine rings is 4. The van der Waals surface area contributed by atoms with Gasteiger partial charge in [0.15, 0.2) is 11.2 Å². The largest absolute Gasteiger partial charge is 0.490 e. The van der Waals surface area contributed by atoms with Crippen molar-refractivity contribution < 1.29 is 106 Å². The van der Waals surface area contributed by atoms with Gasteiger partial charge in [-0.15, -0.1) is 0 Å². The van der Waals surface area contributed by atoms with Gasteiger partial charge in [-0.2, -0.15) is 0 Å². The van der Waals surface area contributed by atoms with Gasteiger partial charge in [0, 0.05) is 61.3 Å². The second-order valence-electron chi connectivity index (χ2n) is 27.7. The molecule has 6 amide bonds. The molecule has 14 N–H and O–H groups in total. The van der Waals surface area contributed by atoms with E-state index in [9.17, 15) is 39.0 Å². The van der Waals surface area contributed by atoms with E-state index in [0.717, 1.165) is 22.3 Å². The Bertz CT molecular complexity index is 4440. The molecule has 10 aromatic rings. The van der Waals surface area contributed by atoms with Crippen LogP contribution < -0.4 is 52.8 Å². The fraction of sp³-hybridized carbons (Fsp3) is 0.372. The quantitative estimate of drug-likeness (QED) is 0.0143. The number of hydrogen-bond acceptors (Lipinski definition) is 28. The fourth-order valence-corrected chi connectivity index (χ4v) is 11.4. The van der Waals surface area contributed by atoms with Crippen molar-refractivity contribution >= 4 is 82.0 Å². The first-order valence-corrected chi connectivity index (χ1v) is 39.3. The number of carboxylic acid groups (broad SMARTS) is 2. The second kappa shape index (κ2) is 54.5. The van der Waals surface area contributed by atoms with Gasteiger partial charge in [-0.1, -0.05) is 88.4 Å². The minimum atomic E-state index is -1.46. The maximum atomic E-state index is 12.9. The molecule has 10 rings (SSSR count). The Morgan fingerprint density at radius 3 is 1.11 bits per heavy atom. The van der Waals surface area contributed by atoms with Gasteiger partial charge in [0.2, 0.25) is 23.6 Å². The summed E-state index contributed by atoms with van der Waals surface area (Å²) in [5, 5.41) is 51.3. The van der Waals surface area contributed by atoms with E-state index in [1.54, 1.807) is 97.6 Å². The molecule has 0 radical (unpaired) electrons. The summed E-state index contributed by atoms with van der Waals surface area (Å²) in [6.45, 7) is 12.2. The van der Waals surface area contributed by atoms with Crippen LogP contribution in [0.2, 0.25) is 0 Å². The summed E-state index contributed by atoms with van der Waals surface area (Å²) in [5.41, 5.74) is 19.4. The third-order valence-corrected chi connectivity index (χ3v) is 17.3. The van der Waals surface area contributed by atoms with Crippen LogP contribution in [0.15, 0.2) is 192 Å². The van der Waals surface area contributed by atoms with Crippen LogP contribution in [0.1, 0.15) is 72.6 Å². The number of oxazole rings is 2. The van der Waals surface area contributed by atoms with Crippen LogP contribution in [0.25, 0.3) is 45.1 Å². The highest BCUT2D eigenvalue weighted by molar-refractivity contribution is 6.04. The maximum absolute atomic E-state index is 12.9. The second-order valence-corrected chi connectivity index (χ2v) is 27.7. The van der Waals surface area contributed by atoms with E-state index < -0.39 is 48.2 Å². The number of carbonyl (C=O) groups excluding carboxylic acids is 6. The SMILES string of the molecule is CC(C)C[C@H](NC(=O)[C@@H](O)[C@H](N)Cc1ccccc1)C(=O)NCCOCCOCCOCCOc1ccc(C(=O)Nc2ccc3oc(-c4cccnc4)nc3c2)nc1.CC(C)C[C@H](NC(=O)[C@@H](O)[C@H](N)Cc1ccccc1)C(=O)NCCOCCOCCOCCOc1ccc(C(=O)Nc2ccc3oc(-c4cccnc4)nc3c2)nc1.O=CO.O=CO. The summed E-state index contributed by atoms with van der Waals surface area (Å²) >= 11 is 0. The predicted octanol–water partition coefficient (Wildman–Crippen LogP) is 6.49. The number of nitrogens with zero attached hydrogens (tertiary/aromatic N) is 6. The minimum absolute atomic E-state index is 0.122. The number of hydrogen-bond donors (Lipinski definition) is 12. The van der Waals surface area contributed by atoms with Gasteiger partial charge in [-0.25, -0.2) is 19.9 Å². The maximum Gasteiger partial charge on any atom is 0.290 e. The lowest BCUT2D eigenvalue weighted by Crippen LogP contribution is -2.54. The number of fused-ring (bicyclic) bond motifs is 2. The van der Waals surface area contributed by atoms with Crippen molar-refractivity contribution in [2.75, 3.05) is 116 Å². The summed E-state index contributed by atoms with van der Waals surface area (Å²) in [7, 11) is 0. The highest BCUT2D eigenvalue weighted by Gasteiger charge is 2.31. The molecule has 36 nitrogen and oxygen atoms in total. The molecular formula is C86H106N14O22. The Hall–Kier alpha value is -12.6. The van der Waals surface area contributed by atoms with Crippen molar-refractivity contribution in [3.63, 3.8) is 0 Å². The van der Waals surface area contributed by atoms with Gasteiger partial charge >= 0.3 is 0 Å². The van der Waals surface area contributed by atoms with Crippen LogP contribution in [-0.4, -0.2) is 241 Å². The number of ether oxygens (including phenoxy) is 8. The van der Waals surface area contributed by atoms with Crippen LogP contribution in [0.4, 0.5) is 11.4 Å². The Balaban J connectivity index is 0.000000315. The molecule has 0 spiro atoms. The number of benzene rings is 4. The first kappa shape index (κ1) is 96.5. The number of amides is 6. The first-order valence-electron chi connectivity index (χ1n) is 39.3. The zero-order valence-corrected chi connectivity index (χ0v) is 68.2. The molecule has 0 aliphatic carbocycles. The molecule has 4 aromatic carbocycles. The predicted molar refractivity (Wildman–Crippen MR) is 449 cm³/mol. The van der Waals surface area contributed by atoms with Gasteiger partial charge in [0.1, 0.15) is 71.4 Å².